The van der Waals surface area contributed by atoms with Gasteiger partial charge in [-0.25, -0.2) is 4.98 Å². The molecule has 4 heteroatoms. The summed E-state index contributed by atoms with van der Waals surface area (Å²) in [4.78, 5) is 4.13. The van der Waals surface area contributed by atoms with Gasteiger partial charge in [-0.1, -0.05) is 6.42 Å². The number of halogens is 1. The predicted molar refractivity (Wildman–Crippen MR) is 48.7 cm³/mol. The van der Waals surface area contributed by atoms with Gasteiger partial charge in [-0.15, -0.1) is 0 Å². The maximum Gasteiger partial charge on any atom is 0.209 e. The van der Waals surface area contributed by atoms with Gasteiger partial charge in [0.2, 0.25) is 5.89 Å². The van der Waals surface area contributed by atoms with Crippen LogP contribution >= 0.6 is 15.9 Å². The summed E-state index contributed by atoms with van der Waals surface area (Å²) in [5.41, 5.74) is 0. The second kappa shape index (κ2) is 3.58. The molecule has 1 aromatic rings. The molecule has 1 aromatic heterocycles. The zero-order valence-corrected chi connectivity index (χ0v) is 8.30. The molecule has 1 aliphatic rings. The summed E-state index contributed by atoms with van der Waals surface area (Å²) in [6, 6.07) is 0.690. The van der Waals surface area contributed by atoms with Gasteiger partial charge in [0, 0.05) is 6.04 Å². The van der Waals surface area contributed by atoms with Crippen LogP contribution in [0.1, 0.15) is 25.2 Å². The van der Waals surface area contributed by atoms with Crippen LogP contribution in [0.25, 0.3) is 0 Å². The fourth-order valence-electron chi connectivity index (χ4n) is 1.21. The molecule has 0 aromatic carbocycles. The van der Waals surface area contributed by atoms with Gasteiger partial charge >= 0.3 is 0 Å². The minimum absolute atomic E-state index is 0.690. The predicted octanol–water partition coefficient (Wildman–Crippen LogP) is 2.08. The Labute approximate surface area is 79.7 Å². The first kappa shape index (κ1) is 8.26. The van der Waals surface area contributed by atoms with Gasteiger partial charge < -0.3 is 9.73 Å². The summed E-state index contributed by atoms with van der Waals surface area (Å²) < 4.78 is 5.93. The highest BCUT2D eigenvalue weighted by molar-refractivity contribution is 9.10. The molecule has 1 saturated carbocycles. The normalized spacial score (nSPS) is 17.8. The molecule has 2 rings (SSSR count). The lowest BCUT2D eigenvalue weighted by Crippen LogP contribution is -2.34. The quantitative estimate of drug-likeness (QED) is 0.865. The van der Waals surface area contributed by atoms with Crippen molar-refractivity contribution in [3.8, 4) is 0 Å². The average molecular weight is 231 g/mol. The molecular formula is C8H11BrN2O. The van der Waals surface area contributed by atoms with Gasteiger partial charge in [-0.2, -0.15) is 0 Å². The first-order valence-electron chi connectivity index (χ1n) is 4.18. The summed E-state index contributed by atoms with van der Waals surface area (Å²) in [6.07, 6.45) is 5.55. The van der Waals surface area contributed by atoms with Crippen LogP contribution in [0.15, 0.2) is 15.3 Å². The molecule has 3 nitrogen and oxygen atoms in total. The topological polar surface area (TPSA) is 38.1 Å². The summed E-state index contributed by atoms with van der Waals surface area (Å²) in [5.74, 6) is 0.758. The molecule has 0 aliphatic heterocycles. The summed E-state index contributed by atoms with van der Waals surface area (Å²) in [5, 5.41) is 3.37. The number of aromatic nitrogens is 1. The molecule has 0 unspecified atom stereocenters. The number of hydrogen-bond acceptors (Lipinski definition) is 3. The highest BCUT2D eigenvalue weighted by atomic mass is 79.9. The van der Waals surface area contributed by atoms with Crippen LogP contribution in [0.4, 0.5) is 0 Å². The van der Waals surface area contributed by atoms with E-state index in [0.29, 0.717) is 6.04 Å². The van der Waals surface area contributed by atoms with Crippen molar-refractivity contribution in [3.63, 3.8) is 0 Å². The molecule has 0 atom stereocenters. The summed E-state index contributed by atoms with van der Waals surface area (Å²) in [6.45, 7) is 0.746. The minimum atomic E-state index is 0.690. The molecular weight excluding hydrogens is 220 g/mol. The van der Waals surface area contributed by atoms with Gasteiger partial charge in [0.25, 0.3) is 0 Å². The third-order valence-electron chi connectivity index (χ3n) is 2.17. The van der Waals surface area contributed by atoms with Gasteiger partial charge in [-0.05, 0) is 28.8 Å². The summed E-state index contributed by atoms with van der Waals surface area (Å²) in [7, 11) is 0. The van der Waals surface area contributed by atoms with E-state index in [9.17, 15) is 0 Å². The molecule has 66 valence electrons. The fraction of sp³-hybridized carbons (Fsp3) is 0.625. The van der Waals surface area contributed by atoms with Crippen LogP contribution in [-0.4, -0.2) is 11.0 Å². The zero-order chi connectivity index (χ0) is 8.39. The van der Waals surface area contributed by atoms with Crippen LogP contribution in [0.2, 0.25) is 0 Å². The van der Waals surface area contributed by atoms with E-state index < -0.39 is 0 Å². The highest BCUT2D eigenvalue weighted by Crippen LogP contribution is 2.18. The average Bonchev–Trinajstić information content (AvgIpc) is 2.32. The van der Waals surface area contributed by atoms with E-state index in [1.807, 2.05) is 0 Å². The lowest BCUT2D eigenvalue weighted by Gasteiger charge is -2.25. The molecule has 0 saturated heterocycles. The Bertz CT molecular complexity index is 257. The summed E-state index contributed by atoms with van der Waals surface area (Å²) >= 11 is 3.24. The van der Waals surface area contributed by atoms with Crippen molar-refractivity contribution in [2.24, 2.45) is 0 Å². The van der Waals surface area contributed by atoms with Crippen molar-refractivity contribution in [2.45, 2.75) is 31.8 Å². The molecule has 1 N–H and O–H groups in total. The molecule has 0 radical (unpaired) electrons. The third kappa shape index (κ3) is 1.87. The molecule has 12 heavy (non-hydrogen) atoms. The highest BCUT2D eigenvalue weighted by Gasteiger charge is 2.16. The Hall–Kier alpha value is -0.350. The lowest BCUT2D eigenvalue weighted by molar-refractivity contribution is 0.322. The largest absolute Gasteiger partial charge is 0.446 e. The Balaban J connectivity index is 1.79. The minimum Gasteiger partial charge on any atom is -0.446 e. The molecule has 0 amide bonds. The van der Waals surface area contributed by atoms with E-state index >= 15 is 0 Å². The first-order valence-corrected chi connectivity index (χ1v) is 4.97. The fourth-order valence-corrected chi connectivity index (χ4v) is 1.50. The lowest BCUT2D eigenvalue weighted by atomic mass is 9.93. The Morgan fingerprint density at radius 1 is 1.67 bits per heavy atom. The first-order chi connectivity index (χ1) is 5.84. The van der Waals surface area contributed by atoms with E-state index in [2.05, 4.69) is 26.2 Å². The van der Waals surface area contributed by atoms with Crippen LogP contribution < -0.4 is 5.32 Å². The number of oxazole rings is 1. The second-order valence-corrected chi connectivity index (χ2v) is 3.89. The van der Waals surface area contributed by atoms with Gasteiger partial charge in [-0.3, -0.25) is 0 Å². The number of rotatable bonds is 3. The molecule has 0 spiro atoms. The van der Waals surface area contributed by atoms with Crippen LogP contribution in [0.3, 0.4) is 0 Å². The maximum absolute atomic E-state index is 5.16. The van der Waals surface area contributed by atoms with Crippen molar-refractivity contribution in [2.75, 3.05) is 0 Å². The maximum atomic E-state index is 5.16. The van der Waals surface area contributed by atoms with Crippen molar-refractivity contribution in [1.82, 2.24) is 10.3 Å². The van der Waals surface area contributed by atoms with Crippen LogP contribution in [0.5, 0.6) is 0 Å². The number of hydrogen-bond donors (Lipinski definition) is 1. The van der Waals surface area contributed by atoms with E-state index in [1.54, 1.807) is 6.26 Å². The van der Waals surface area contributed by atoms with Crippen LogP contribution in [0, 0.1) is 0 Å². The van der Waals surface area contributed by atoms with Crippen LogP contribution in [-0.2, 0) is 6.54 Å². The Morgan fingerprint density at radius 3 is 3.00 bits per heavy atom. The van der Waals surface area contributed by atoms with Crippen molar-refractivity contribution in [3.05, 3.63) is 16.8 Å². The van der Waals surface area contributed by atoms with Crippen molar-refractivity contribution in [1.29, 1.82) is 0 Å². The molecule has 1 heterocycles. The van der Waals surface area contributed by atoms with Gasteiger partial charge in [0.05, 0.1) is 6.54 Å². The smallest absolute Gasteiger partial charge is 0.209 e. The number of nitrogens with one attached hydrogen (secondary N) is 1. The Morgan fingerprint density at radius 2 is 2.50 bits per heavy atom. The Kier molecular flexibility index (Phi) is 2.46. The van der Waals surface area contributed by atoms with E-state index in [-0.39, 0.29) is 0 Å². The van der Waals surface area contributed by atoms with Crippen molar-refractivity contribution >= 4 is 15.9 Å². The van der Waals surface area contributed by atoms with Crippen molar-refractivity contribution < 1.29 is 4.42 Å². The molecule has 1 aliphatic carbocycles. The third-order valence-corrected chi connectivity index (χ3v) is 2.54. The molecule has 1 fully saturated rings. The zero-order valence-electron chi connectivity index (χ0n) is 6.72. The van der Waals surface area contributed by atoms with Gasteiger partial charge in [0.1, 0.15) is 10.9 Å². The van der Waals surface area contributed by atoms with E-state index in [1.165, 1.54) is 19.3 Å². The van der Waals surface area contributed by atoms with Gasteiger partial charge in [0.15, 0.2) is 0 Å². The second-order valence-electron chi connectivity index (χ2n) is 3.07. The SMILES string of the molecule is Brc1coc(CNC2CCC2)n1. The van der Waals surface area contributed by atoms with E-state index in [0.717, 1.165) is 17.0 Å². The van der Waals surface area contributed by atoms with E-state index in [4.69, 9.17) is 4.42 Å². The number of nitrogens with zero attached hydrogens (tertiary/aromatic N) is 1. The standard InChI is InChI=1S/C8H11BrN2O/c9-7-5-12-8(11-7)4-10-6-2-1-3-6/h5-6,10H,1-4H2. The molecule has 0 bridgehead atoms. The monoisotopic (exact) mass is 230 g/mol.